The van der Waals surface area contributed by atoms with Crippen LogP contribution in [0.5, 0.6) is 0 Å². The molecule has 5 nitrogen and oxygen atoms in total. The normalized spacial score (nSPS) is 22.0. The van der Waals surface area contributed by atoms with Gasteiger partial charge in [-0.05, 0) is 44.4 Å². The lowest BCUT2D eigenvalue weighted by Crippen LogP contribution is -2.42. The number of nitrogens with zero attached hydrogens (tertiary/aromatic N) is 1. The molecule has 0 aliphatic carbocycles. The molecular weight excluding hydrogens is 316 g/mol. The number of carbonyl (C=O) groups excluding carboxylic acids is 1. The molecule has 0 radical (unpaired) electrons. The van der Waals surface area contributed by atoms with Gasteiger partial charge in [-0.1, -0.05) is 36.8 Å². The molecule has 0 bridgehead atoms. The van der Waals surface area contributed by atoms with Crippen LogP contribution in [0.3, 0.4) is 0 Å². The van der Waals surface area contributed by atoms with Gasteiger partial charge in [0.25, 0.3) is 5.97 Å². The molecule has 136 valence electrons. The molecule has 3 rings (SSSR count). The van der Waals surface area contributed by atoms with Crippen molar-refractivity contribution in [1.29, 1.82) is 0 Å². The zero-order chi connectivity index (χ0) is 18.4. The van der Waals surface area contributed by atoms with Gasteiger partial charge in [0.15, 0.2) is 0 Å². The van der Waals surface area contributed by atoms with E-state index in [4.69, 9.17) is 9.90 Å². The van der Waals surface area contributed by atoms with Crippen LogP contribution in [0, 0.1) is 0 Å². The Morgan fingerprint density at radius 3 is 2.64 bits per heavy atom. The highest BCUT2D eigenvalue weighted by molar-refractivity contribution is 6.08. The molecule has 25 heavy (non-hydrogen) atoms. The summed E-state index contributed by atoms with van der Waals surface area (Å²) in [6, 6.07) is 8.31. The van der Waals surface area contributed by atoms with Crippen LogP contribution in [0.15, 0.2) is 35.9 Å². The van der Waals surface area contributed by atoms with Crippen LogP contribution in [-0.2, 0) is 15.0 Å². The zero-order valence-corrected chi connectivity index (χ0v) is 15.3. The Labute approximate surface area is 149 Å². The molecule has 1 spiro atoms. The van der Waals surface area contributed by atoms with Crippen molar-refractivity contribution in [2.75, 3.05) is 24.5 Å². The number of amides is 1. The second-order valence-electron chi connectivity index (χ2n) is 6.69. The number of hydrogen-bond acceptors (Lipinski definition) is 3. The minimum atomic E-state index is -0.833. The van der Waals surface area contributed by atoms with Gasteiger partial charge in [0.2, 0.25) is 5.91 Å². The minimum absolute atomic E-state index is 0.288. The Morgan fingerprint density at radius 2 is 2.04 bits per heavy atom. The van der Waals surface area contributed by atoms with Gasteiger partial charge in [-0.15, -0.1) is 0 Å². The number of fused-ring (bicyclic) bond motifs is 2. The topological polar surface area (TPSA) is 69.6 Å². The van der Waals surface area contributed by atoms with E-state index < -0.39 is 5.97 Å². The van der Waals surface area contributed by atoms with Gasteiger partial charge in [0.1, 0.15) is 0 Å². The maximum atomic E-state index is 13.0. The lowest BCUT2D eigenvalue weighted by atomic mass is 9.81. The average molecular weight is 344 g/mol. The van der Waals surface area contributed by atoms with Crippen LogP contribution in [0.4, 0.5) is 5.69 Å². The molecule has 0 aromatic heterocycles. The van der Waals surface area contributed by atoms with Crippen molar-refractivity contribution in [3.05, 3.63) is 41.5 Å². The third-order valence-electron chi connectivity index (χ3n) is 4.92. The highest BCUT2D eigenvalue weighted by Crippen LogP contribution is 2.45. The average Bonchev–Trinajstić information content (AvgIpc) is 3.15. The standard InChI is InChI=1S/C18H24N2O.C2H4O2/c1-3-14(2)7-6-12-20-16-9-5-4-8-15(16)18(17(20)21)10-11-19-13-18;1-2(3)4/h4-5,7-9,19H,3,6,10-13H2,1-2H3;1H3,(H,3,4)/b14-7+;. The van der Waals surface area contributed by atoms with E-state index in [0.29, 0.717) is 0 Å². The first-order valence-corrected chi connectivity index (χ1v) is 8.89. The molecule has 1 fully saturated rings. The molecule has 2 heterocycles. The summed E-state index contributed by atoms with van der Waals surface area (Å²) in [7, 11) is 0. The zero-order valence-electron chi connectivity index (χ0n) is 15.3. The quantitative estimate of drug-likeness (QED) is 0.824. The largest absolute Gasteiger partial charge is 0.481 e. The molecule has 2 aliphatic heterocycles. The number of nitrogens with one attached hydrogen (secondary N) is 1. The van der Waals surface area contributed by atoms with E-state index >= 15 is 0 Å². The molecule has 1 aromatic carbocycles. The molecule has 0 saturated carbocycles. The van der Waals surface area contributed by atoms with Crippen LogP contribution in [0.1, 0.15) is 45.6 Å². The van der Waals surface area contributed by atoms with Crippen molar-refractivity contribution in [2.24, 2.45) is 0 Å². The Bertz CT molecular complexity index is 657. The second kappa shape index (κ2) is 8.30. The molecule has 2 N–H and O–H groups in total. The SMILES string of the molecule is CC(=O)O.CC/C(C)=C/CCN1C(=O)C2(CCNC2)c2ccccc21. The lowest BCUT2D eigenvalue weighted by molar-refractivity contribution is -0.134. The van der Waals surface area contributed by atoms with Gasteiger partial charge in [0, 0.05) is 25.7 Å². The summed E-state index contributed by atoms with van der Waals surface area (Å²) in [5, 5.41) is 10.8. The summed E-state index contributed by atoms with van der Waals surface area (Å²) in [6.07, 6.45) is 5.19. The van der Waals surface area contributed by atoms with Crippen molar-refractivity contribution >= 4 is 17.6 Å². The fourth-order valence-electron chi connectivity index (χ4n) is 3.51. The van der Waals surface area contributed by atoms with Gasteiger partial charge >= 0.3 is 0 Å². The number of rotatable bonds is 4. The van der Waals surface area contributed by atoms with E-state index in [-0.39, 0.29) is 11.3 Å². The highest BCUT2D eigenvalue weighted by Gasteiger charge is 2.51. The summed E-state index contributed by atoms with van der Waals surface area (Å²) in [4.78, 5) is 24.0. The van der Waals surface area contributed by atoms with E-state index in [1.807, 2.05) is 11.0 Å². The van der Waals surface area contributed by atoms with Gasteiger partial charge in [0.05, 0.1) is 5.41 Å². The first kappa shape index (κ1) is 19.2. The highest BCUT2D eigenvalue weighted by atomic mass is 16.4. The number of anilines is 1. The fourth-order valence-corrected chi connectivity index (χ4v) is 3.51. The Balaban J connectivity index is 0.000000511. The summed E-state index contributed by atoms with van der Waals surface area (Å²) < 4.78 is 0. The van der Waals surface area contributed by atoms with Gasteiger partial charge in [-0.3, -0.25) is 9.59 Å². The van der Waals surface area contributed by atoms with Crippen LogP contribution in [-0.4, -0.2) is 36.6 Å². The number of carboxylic acid groups (broad SMARTS) is 1. The fraction of sp³-hybridized carbons (Fsp3) is 0.500. The summed E-state index contributed by atoms with van der Waals surface area (Å²) >= 11 is 0. The van der Waals surface area contributed by atoms with Crippen molar-refractivity contribution in [1.82, 2.24) is 5.32 Å². The number of hydrogen-bond donors (Lipinski definition) is 2. The molecule has 1 saturated heterocycles. The molecule has 2 aliphatic rings. The monoisotopic (exact) mass is 344 g/mol. The maximum absolute atomic E-state index is 13.0. The first-order valence-electron chi connectivity index (χ1n) is 8.89. The van der Waals surface area contributed by atoms with E-state index in [9.17, 15) is 4.79 Å². The van der Waals surface area contributed by atoms with E-state index in [1.54, 1.807) is 0 Å². The van der Waals surface area contributed by atoms with Crippen LogP contribution < -0.4 is 10.2 Å². The number of aliphatic carboxylic acids is 1. The Morgan fingerprint density at radius 1 is 1.36 bits per heavy atom. The second-order valence-corrected chi connectivity index (χ2v) is 6.69. The smallest absolute Gasteiger partial charge is 0.300 e. The van der Waals surface area contributed by atoms with Crippen LogP contribution in [0.25, 0.3) is 0 Å². The summed E-state index contributed by atoms with van der Waals surface area (Å²) in [5.74, 6) is -0.545. The van der Waals surface area contributed by atoms with Crippen LogP contribution >= 0.6 is 0 Å². The van der Waals surface area contributed by atoms with Crippen LogP contribution in [0.2, 0.25) is 0 Å². The van der Waals surface area contributed by atoms with E-state index in [1.165, 1.54) is 11.1 Å². The first-order chi connectivity index (χ1) is 11.9. The molecule has 1 unspecified atom stereocenters. The maximum Gasteiger partial charge on any atom is 0.300 e. The third kappa shape index (κ3) is 4.10. The molecule has 1 aromatic rings. The van der Waals surface area contributed by atoms with Gasteiger partial charge in [-0.2, -0.15) is 0 Å². The van der Waals surface area contributed by atoms with E-state index in [2.05, 4.69) is 43.4 Å². The molecular formula is C20H28N2O3. The summed E-state index contributed by atoms with van der Waals surface area (Å²) in [5.41, 5.74) is 3.43. The van der Waals surface area contributed by atoms with Crippen molar-refractivity contribution in [3.63, 3.8) is 0 Å². The number of carbonyl (C=O) groups is 2. The number of carboxylic acids is 1. The molecule has 1 amide bonds. The third-order valence-corrected chi connectivity index (χ3v) is 4.92. The van der Waals surface area contributed by atoms with Crippen molar-refractivity contribution < 1.29 is 14.7 Å². The summed E-state index contributed by atoms with van der Waals surface area (Å²) in [6.45, 7) is 7.91. The van der Waals surface area contributed by atoms with Crippen molar-refractivity contribution in [3.8, 4) is 0 Å². The Kier molecular flexibility index (Phi) is 6.37. The minimum Gasteiger partial charge on any atom is -0.481 e. The molecule has 1 atom stereocenters. The number of allylic oxidation sites excluding steroid dienone is 1. The van der Waals surface area contributed by atoms with Gasteiger partial charge < -0.3 is 15.3 Å². The lowest BCUT2D eigenvalue weighted by Gasteiger charge is -2.22. The molecule has 5 heteroatoms. The predicted molar refractivity (Wildman–Crippen MR) is 99.9 cm³/mol. The Hall–Kier alpha value is -2.14. The number of para-hydroxylation sites is 1. The van der Waals surface area contributed by atoms with Gasteiger partial charge in [-0.25, -0.2) is 0 Å². The van der Waals surface area contributed by atoms with Crippen molar-refractivity contribution in [2.45, 2.75) is 45.4 Å². The van der Waals surface area contributed by atoms with E-state index in [0.717, 1.165) is 51.5 Å². The number of benzene rings is 1. The predicted octanol–water partition coefficient (Wildman–Crippen LogP) is 3.10.